The summed E-state index contributed by atoms with van der Waals surface area (Å²) in [4.78, 5) is 14.1. The number of H-pyrrole nitrogens is 1. The molecule has 0 aliphatic carbocycles. The van der Waals surface area contributed by atoms with E-state index in [9.17, 15) is 4.79 Å². The molecule has 0 fully saturated rings. The van der Waals surface area contributed by atoms with Gasteiger partial charge in [0.2, 0.25) is 0 Å². The van der Waals surface area contributed by atoms with Gasteiger partial charge in [-0.1, -0.05) is 5.92 Å². The Morgan fingerprint density at radius 2 is 2.31 bits per heavy atom. The van der Waals surface area contributed by atoms with Gasteiger partial charge in [0, 0.05) is 28.6 Å². The predicted octanol–water partition coefficient (Wildman–Crippen LogP) is 2.08. The van der Waals surface area contributed by atoms with Crippen molar-refractivity contribution < 1.29 is 9.53 Å². The van der Waals surface area contributed by atoms with Gasteiger partial charge in [-0.05, 0) is 31.2 Å². The Balaban J connectivity index is 2.23. The molecule has 3 nitrogen and oxygen atoms in total. The van der Waals surface area contributed by atoms with E-state index < -0.39 is 5.97 Å². The van der Waals surface area contributed by atoms with Crippen LogP contribution in [0.5, 0.6) is 0 Å². The minimum absolute atomic E-state index is 0.352. The van der Waals surface area contributed by atoms with Crippen molar-refractivity contribution in [2.75, 3.05) is 6.61 Å². The zero-order valence-corrected chi connectivity index (χ0v) is 8.91. The van der Waals surface area contributed by atoms with Crippen molar-refractivity contribution in [1.82, 2.24) is 4.98 Å². The molecule has 2 aromatic rings. The van der Waals surface area contributed by atoms with Gasteiger partial charge in [-0.2, -0.15) is 0 Å². The molecule has 0 radical (unpaired) electrons. The summed E-state index contributed by atoms with van der Waals surface area (Å²) in [5.74, 6) is 4.72. The van der Waals surface area contributed by atoms with Gasteiger partial charge in [-0.3, -0.25) is 0 Å². The number of carbonyl (C=O) groups is 1. The predicted molar refractivity (Wildman–Crippen MR) is 61.8 cm³/mol. The third kappa shape index (κ3) is 2.23. The molecule has 1 heterocycles. The molecule has 0 spiro atoms. The molecule has 80 valence electrons. The zero-order chi connectivity index (χ0) is 11.4. The zero-order valence-electron chi connectivity index (χ0n) is 8.91. The first-order valence-corrected chi connectivity index (χ1v) is 5.05. The average molecular weight is 213 g/mol. The van der Waals surface area contributed by atoms with Crippen molar-refractivity contribution in [2.45, 2.75) is 6.92 Å². The fraction of sp³-hybridized carbons (Fsp3) is 0.154. The van der Waals surface area contributed by atoms with E-state index in [1.807, 2.05) is 30.5 Å². The van der Waals surface area contributed by atoms with Gasteiger partial charge >= 0.3 is 5.97 Å². The maximum atomic E-state index is 11.0. The molecular weight excluding hydrogens is 202 g/mol. The number of esters is 1. The van der Waals surface area contributed by atoms with Gasteiger partial charge in [0.05, 0.1) is 6.61 Å². The lowest BCUT2D eigenvalue weighted by Crippen LogP contribution is -1.99. The monoisotopic (exact) mass is 213 g/mol. The number of nitrogens with one attached hydrogen (secondary N) is 1. The minimum Gasteiger partial charge on any atom is -0.456 e. The molecule has 1 N–H and O–H groups in total. The number of aromatic nitrogens is 1. The molecule has 1 aromatic heterocycles. The standard InChI is InChI=1S/C13H11NO2/c1-2-16-13(15)6-4-10-3-5-12-11(9-10)7-8-14-12/h3,5,7-9,14H,2H2,1H3. The molecule has 0 saturated heterocycles. The van der Waals surface area contributed by atoms with Crippen LogP contribution in [-0.4, -0.2) is 17.6 Å². The second-order valence-electron chi connectivity index (χ2n) is 3.25. The van der Waals surface area contributed by atoms with E-state index in [1.54, 1.807) is 6.92 Å². The highest BCUT2D eigenvalue weighted by Crippen LogP contribution is 2.13. The van der Waals surface area contributed by atoms with E-state index >= 15 is 0 Å². The highest BCUT2D eigenvalue weighted by molar-refractivity contribution is 5.89. The summed E-state index contributed by atoms with van der Waals surface area (Å²) in [6, 6.07) is 7.69. The van der Waals surface area contributed by atoms with Crippen LogP contribution in [0.3, 0.4) is 0 Å². The third-order valence-electron chi connectivity index (χ3n) is 2.14. The Bertz CT molecular complexity index is 572. The summed E-state index contributed by atoms with van der Waals surface area (Å²) < 4.78 is 4.72. The van der Waals surface area contributed by atoms with E-state index in [-0.39, 0.29) is 0 Å². The third-order valence-corrected chi connectivity index (χ3v) is 2.14. The first-order valence-electron chi connectivity index (χ1n) is 5.05. The van der Waals surface area contributed by atoms with Crippen LogP contribution in [0.4, 0.5) is 0 Å². The molecular formula is C13H11NO2. The number of rotatable bonds is 1. The van der Waals surface area contributed by atoms with Crippen molar-refractivity contribution in [3.63, 3.8) is 0 Å². The van der Waals surface area contributed by atoms with Crippen LogP contribution in [0.2, 0.25) is 0 Å². The van der Waals surface area contributed by atoms with Crippen LogP contribution >= 0.6 is 0 Å². The maximum absolute atomic E-state index is 11.0. The fourth-order valence-electron chi connectivity index (χ4n) is 1.42. The van der Waals surface area contributed by atoms with Crippen LogP contribution in [0, 0.1) is 11.8 Å². The van der Waals surface area contributed by atoms with Crippen molar-refractivity contribution in [2.24, 2.45) is 0 Å². The van der Waals surface area contributed by atoms with Gasteiger partial charge in [-0.25, -0.2) is 4.79 Å². The topological polar surface area (TPSA) is 42.1 Å². The van der Waals surface area contributed by atoms with Crippen LogP contribution in [0.15, 0.2) is 30.5 Å². The van der Waals surface area contributed by atoms with Crippen molar-refractivity contribution in [1.29, 1.82) is 0 Å². The van der Waals surface area contributed by atoms with E-state index in [2.05, 4.69) is 16.8 Å². The number of hydrogen-bond acceptors (Lipinski definition) is 2. The SMILES string of the molecule is CCOC(=O)C#Cc1ccc2[nH]ccc2c1. The first-order chi connectivity index (χ1) is 7.79. The number of carbonyl (C=O) groups excluding carboxylic acids is 1. The van der Waals surface area contributed by atoms with Gasteiger partial charge in [0.1, 0.15) is 0 Å². The summed E-state index contributed by atoms with van der Waals surface area (Å²) in [5.41, 5.74) is 1.86. The van der Waals surface area contributed by atoms with Gasteiger partial charge < -0.3 is 9.72 Å². The normalized spacial score (nSPS) is 9.56. The Hall–Kier alpha value is -2.21. The maximum Gasteiger partial charge on any atom is 0.384 e. The second-order valence-corrected chi connectivity index (χ2v) is 3.25. The molecule has 2 rings (SSSR count). The van der Waals surface area contributed by atoms with Crippen LogP contribution < -0.4 is 0 Å². The Labute approximate surface area is 93.4 Å². The lowest BCUT2D eigenvalue weighted by Gasteiger charge is -1.93. The lowest BCUT2D eigenvalue weighted by atomic mass is 10.1. The van der Waals surface area contributed by atoms with Gasteiger partial charge in [0.25, 0.3) is 0 Å². The number of aromatic amines is 1. The number of benzene rings is 1. The Morgan fingerprint density at radius 3 is 3.12 bits per heavy atom. The Kier molecular flexibility index (Phi) is 2.93. The molecule has 0 unspecified atom stereocenters. The lowest BCUT2D eigenvalue weighted by molar-refractivity contribution is -0.136. The molecule has 0 amide bonds. The minimum atomic E-state index is -0.489. The van der Waals surface area contributed by atoms with Crippen LogP contribution in [0.25, 0.3) is 10.9 Å². The summed E-state index contributed by atoms with van der Waals surface area (Å²) in [6.45, 7) is 2.11. The Morgan fingerprint density at radius 1 is 1.44 bits per heavy atom. The van der Waals surface area contributed by atoms with Crippen molar-refractivity contribution in [3.8, 4) is 11.8 Å². The largest absolute Gasteiger partial charge is 0.456 e. The van der Waals surface area contributed by atoms with Crippen molar-refractivity contribution in [3.05, 3.63) is 36.0 Å². The highest BCUT2D eigenvalue weighted by Gasteiger charge is 1.96. The van der Waals surface area contributed by atoms with Gasteiger partial charge in [-0.15, -0.1) is 0 Å². The molecule has 0 bridgehead atoms. The van der Waals surface area contributed by atoms with Crippen molar-refractivity contribution >= 4 is 16.9 Å². The fourth-order valence-corrected chi connectivity index (χ4v) is 1.42. The molecule has 3 heteroatoms. The summed E-state index contributed by atoms with van der Waals surface area (Å²) in [5, 5.41) is 1.08. The highest BCUT2D eigenvalue weighted by atomic mass is 16.5. The molecule has 0 atom stereocenters. The van der Waals surface area contributed by atoms with Crippen LogP contribution in [-0.2, 0) is 9.53 Å². The average Bonchev–Trinajstić information content (AvgIpc) is 2.74. The molecule has 0 aliphatic rings. The smallest absolute Gasteiger partial charge is 0.384 e. The second kappa shape index (κ2) is 4.54. The summed E-state index contributed by atoms with van der Waals surface area (Å²) >= 11 is 0. The molecule has 1 aromatic carbocycles. The summed E-state index contributed by atoms with van der Waals surface area (Å²) in [7, 11) is 0. The molecule has 0 aliphatic heterocycles. The van der Waals surface area contributed by atoms with E-state index in [0.29, 0.717) is 6.61 Å². The van der Waals surface area contributed by atoms with E-state index in [1.165, 1.54) is 0 Å². The number of hydrogen-bond donors (Lipinski definition) is 1. The first kappa shape index (κ1) is 10.3. The van der Waals surface area contributed by atoms with Gasteiger partial charge in [0.15, 0.2) is 0 Å². The number of ether oxygens (including phenoxy) is 1. The van der Waals surface area contributed by atoms with E-state index in [4.69, 9.17) is 4.74 Å². The summed E-state index contributed by atoms with van der Waals surface area (Å²) in [6.07, 6.45) is 1.87. The van der Waals surface area contributed by atoms with E-state index in [0.717, 1.165) is 16.5 Å². The number of fused-ring (bicyclic) bond motifs is 1. The molecule has 0 saturated carbocycles. The quantitative estimate of drug-likeness (QED) is 0.582. The van der Waals surface area contributed by atoms with Crippen LogP contribution in [0.1, 0.15) is 12.5 Å². The molecule has 16 heavy (non-hydrogen) atoms.